The molecule has 0 spiro atoms. The smallest absolute Gasteiger partial charge is 0.329 e. The molecule has 1 heterocycles. The molecular weight excluding hydrogens is 352 g/mol. The third-order valence-corrected chi connectivity index (χ3v) is 4.93. The van der Waals surface area contributed by atoms with Gasteiger partial charge in [0.1, 0.15) is 11.2 Å². The fraction of sp³-hybridized carbons (Fsp3) is 0.273. The number of rotatable bonds is 3. The molecule has 3 rings (SSSR count). The van der Waals surface area contributed by atoms with Crippen LogP contribution in [0.1, 0.15) is 16.7 Å². The minimum Gasteiger partial charge on any atom is -0.495 e. The number of nitrogens with two attached hydrogens (primary N) is 1. The van der Waals surface area contributed by atoms with Crippen molar-refractivity contribution >= 4 is 11.4 Å². The van der Waals surface area contributed by atoms with E-state index in [1.165, 1.54) is 5.56 Å². The Morgan fingerprint density at radius 2 is 1.61 bits per heavy atom. The lowest BCUT2D eigenvalue weighted by Crippen LogP contribution is -2.37. The first kappa shape index (κ1) is 19.5. The average molecular weight is 378 g/mol. The van der Waals surface area contributed by atoms with E-state index in [0.29, 0.717) is 16.9 Å². The van der Waals surface area contributed by atoms with Crippen molar-refractivity contribution in [2.75, 3.05) is 12.8 Å². The molecule has 0 atom stereocenters. The van der Waals surface area contributed by atoms with Crippen LogP contribution in [0.15, 0.2) is 46.2 Å². The molecule has 0 aliphatic heterocycles. The van der Waals surface area contributed by atoms with Crippen LogP contribution < -0.4 is 21.6 Å². The highest BCUT2D eigenvalue weighted by molar-refractivity contribution is 5.68. The van der Waals surface area contributed by atoms with Gasteiger partial charge in [-0.15, -0.1) is 0 Å². The maximum absolute atomic E-state index is 12.8. The van der Waals surface area contributed by atoms with E-state index in [2.05, 4.69) is 19.1 Å². The molecule has 146 valence electrons. The molecule has 2 aromatic carbocycles. The Labute approximate surface area is 164 Å². The highest BCUT2D eigenvalue weighted by Crippen LogP contribution is 2.27. The van der Waals surface area contributed by atoms with Gasteiger partial charge in [0, 0.05) is 25.7 Å². The van der Waals surface area contributed by atoms with Crippen LogP contribution in [-0.2, 0) is 14.1 Å². The van der Waals surface area contributed by atoms with E-state index in [9.17, 15) is 4.79 Å². The van der Waals surface area contributed by atoms with Crippen LogP contribution in [0, 0.1) is 20.8 Å². The third kappa shape index (κ3) is 3.45. The SMILES string of the molecule is COc1ccc(-c2c/c(=N/c3c(C)cc(C)cc3C)n(C)c(=O)n2C)cc1N. The summed E-state index contributed by atoms with van der Waals surface area (Å²) in [6.07, 6.45) is 0. The predicted molar refractivity (Wildman–Crippen MR) is 113 cm³/mol. The number of hydrogen-bond donors (Lipinski definition) is 1. The number of nitrogen functional groups attached to an aromatic ring is 1. The van der Waals surface area contributed by atoms with Gasteiger partial charge in [-0.25, -0.2) is 9.79 Å². The number of ether oxygens (including phenoxy) is 1. The third-order valence-electron chi connectivity index (χ3n) is 4.93. The van der Waals surface area contributed by atoms with Gasteiger partial charge in [-0.2, -0.15) is 0 Å². The van der Waals surface area contributed by atoms with Crippen molar-refractivity contribution < 1.29 is 4.74 Å². The number of aromatic nitrogens is 2. The Kier molecular flexibility index (Phi) is 5.14. The van der Waals surface area contributed by atoms with Gasteiger partial charge >= 0.3 is 5.69 Å². The first-order chi connectivity index (χ1) is 13.2. The number of hydrogen-bond acceptors (Lipinski definition) is 4. The number of anilines is 1. The van der Waals surface area contributed by atoms with Gasteiger partial charge in [-0.05, 0) is 50.1 Å². The number of nitrogens with zero attached hydrogens (tertiary/aromatic N) is 3. The van der Waals surface area contributed by atoms with Crippen molar-refractivity contribution in [1.29, 1.82) is 0 Å². The molecule has 3 aromatic rings. The van der Waals surface area contributed by atoms with Crippen LogP contribution in [0.5, 0.6) is 5.75 Å². The molecule has 0 unspecified atom stereocenters. The van der Waals surface area contributed by atoms with E-state index in [0.717, 1.165) is 28.1 Å². The Hall–Kier alpha value is -3.28. The Morgan fingerprint density at radius 1 is 0.964 bits per heavy atom. The largest absolute Gasteiger partial charge is 0.495 e. The summed E-state index contributed by atoms with van der Waals surface area (Å²) in [4.78, 5) is 17.6. The summed E-state index contributed by atoms with van der Waals surface area (Å²) in [7, 11) is 5.04. The van der Waals surface area contributed by atoms with Gasteiger partial charge in [0.15, 0.2) is 0 Å². The van der Waals surface area contributed by atoms with Crippen molar-refractivity contribution in [2.24, 2.45) is 19.1 Å². The predicted octanol–water partition coefficient (Wildman–Crippen LogP) is 3.14. The zero-order chi connectivity index (χ0) is 20.6. The molecule has 1 aromatic heterocycles. The van der Waals surface area contributed by atoms with Crippen molar-refractivity contribution in [1.82, 2.24) is 9.13 Å². The molecular formula is C22H26N4O2. The Morgan fingerprint density at radius 3 is 2.18 bits per heavy atom. The van der Waals surface area contributed by atoms with Gasteiger partial charge in [-0.3, -0.25) is 9.13 Å². The van der Waals surface area contributed by atoms with Gasteiger partial charge in [0.25, 0.3) is 0 Å². The highest BCUT2D eigenvalue weighted by atomic mass is 16.5. The summed E-state index contributed by atoms with van der Waals surface area (Å²) in [6.45, 7) is 6.13. The second kappa shape index (κ2) is 7.38. The zero-order valence-electron chi connectivity index (χ0n) is 17.2. The Balaban J connectivity index is 2.28. The topological polar surface area (TPSA) is 74.5 Å². The minimum atomic E-state index is -0.159. The van der Waals surface area contributed by atoms with E-state index in [-0.39, 0.29) is 5.69 Å². The number of methoxy groups -OCH3 is 1. The van der Waals surface area contributed by atoms with Crippen LogP contribution in [0.3, 0.4) is 0 Å². The summed E-state index contributed by atoms with van der Waals surface area (Å²) in [5.41, 5.74) is 12.8. The first-order valence-electron chi connectivity index (χ1n) is 9.06. The maximum atomic E-state index is 12.8. The first-order valence-corrected chi connectivity index (χ1v) is 9.06. The highest BCUT2D eigenvalue weighted by Gasteiger charge is 2.10. The second-order valence-electron chi connectivity index (χ2n) is 7.10. The van der Waals surface area contributed by atoms with E-state index >= 15 is 0 Å². The van der Waals surface area contributed by atoms with Crippen molar-refractivity contribution in [3.63, 3.8) is 0 Å². The van der Waals surface area contributed by atoms with Crippen LogP contribution in [-0.4, -0.2) is 16.2 Å². The fourth-order valence-corrected chi connectivity index (χ4v) is 3.48. The Bertz CT molecular complexity index is 1160. The number of benzene rings is 2. The van der Waals surface area contributed by atoms with Crippen molar-refractivity contribution in [2.45, 2.75) is 20.8 Å². The molecule has 0 aliphatic rings. The minimum absolute atomic E-state index is 0.159. The molecule has 28 heavy (non-hydrogen) atoms. The lowest BCUT2D eigenvalue weighted by Gasteiger charge is -2.13. The second-order valence-corrected chi connectivity index (χ2v) is 7.10. The van der Waals surface area contributed by atoms with Crippen LogP contribution in [0.4, 0.5) is 11.4 Å². The molecule has 0 fully saturated rings. The van der Waals surface area contributed by atoms with E-state index in [1.54, 1.807) is 42.5 Å². The lowest BCUT2D eigenvalue weighted by molar-refractivity contribution is 0.417. The standard InChI is InChI=1S/C22H26N4O2/c1-13-9-14(2)21(15(3)10-13)24-20-12-18(25(4)22(27)26(20)5)16-7-8-19(28-6)17(23)11-16/h7-12H,23H2,1-6H3/b24-20-. The van der Waals surface area contributed by atoms with Gasteiger partial charge < -0.3 is 10.5 Å². The summed E-state index contributed by atoms with van der Waals surface area (Å²) in [5.74, 6) is 0.603. The molecule has 0 amide bonds. The summed E-state index contributed by atoms with van der Waals surface area (Å²) in [5, 5.41) is 0. The number of aryl methyl sites for hydroxylation is 3. The molecule has 0 saturated heterocycles. The van der Waals surface area contributed by atoms with Crippen LogP contribution in [0.25, 0.3) is 11.3 Å². The molecule has 0 radical (unpaired) electrons. The van der Waals surface area contributed by atoms with Crippen molar-refractivity contribution in [3.05, 3.63) is 69.1 Å². The van der Waals surface area contributed by atoms with E-state index in [4.69, 9.17) is 15.5 Å². The van der Waals surface area contributed by atoms with E-state index < -0.39 is 0 Å². The lowest BCUT2D eigenvalue weighted by atomic mass is 10.1. The monoisotopic (exact) mass is 378 g/mol. The molecule has 6 nitrogen and oxygen atoms in total. The molecule has 6 heteroatoms. The zero-order valence-corrected chi connectivity index (χ0v) is 17.2. The molecule has 2 N–H and O–H groups in total. The van der Waals surface area contributed by atoms with E-state index in [1.807, 2.05) is 26.0 Å². The summed E-state index contributed by atoms with van der Waals surface area (Å²) >= 11 is 0. The average Bonchev–Trinajstić information content (AvgIpc) is 2.64. The van der Waals surface area contributed by atoms with Crippen molar-refractivity contribution in [3.8, 4) is 17.0 Å². The van der Waals surface area contributed by atoms with Gasteiger partial charge in [0.2, 0.25) is 0 Å². The quantitative estimate of drug-likeness (QED) is 0.712. The fourth-order valence-electron chi connectivity index (χ4n) is 3.48. The molecule has 0 saturated carbocycles. The van der Waals surface area contributed by atoms with Gasteiger partial charge in [-0.1, -0.05) is 17.7 Å². The van der Waals surface area contributed by atoms with Crippen LogP contribution in [0.2, 0.25) is 0 Å². The maximum Gasteiger partial charge on any atom is 0.329 e. The van der Waals surface area contributed by atoms with Crippen LogP contribution >= 0.6 is 0 Å². The molecule has 0 aliphatic carbocycles. The summed E-state index contributed by atoms with van der Waals surface area (Å²) in [6, 6.07) is 11.6. The summed E-state index contributed by atoms with van der Waals surface area (Å²) < 4.78 is 8.37. The normalized spacial score (nSPS) is 11.7. The van der Waals surface area contributed by atoms with Gasteiger partial charge in [0.05, 0.1) is 24.2 Å². The molecule has 0 bridgehead atoms.